The van der Waals surface area contributed by atoms with Crippen LogP contribution in [0.2, 0.25) is 0 Å². The average Bonchev–Trinajstić information content (AvgIpc) is 2.32. The summed E-state index contributed by atoms with van der Waals surface area (Å²) >= 11 is 0. The van der Waals surface area contributed by atoms with Crippen molar-refractivity contribution in [3.8, 4) is 16.9 Å². The fraction of sp³-hybridized carbons (Fsp3) is 0.133. The summed E-state index contributed by atoms with van der Waals surface area (Å²) in [5.41, 5.74) is 3.71. The topological polar surface area (TPSA) is 9.23 Å². The Kier molecular flexibility index (Phi) is 3.25. The highest BCUT2D eigenvalue weighted by Gasteiger charge is 1.97. The van der Waals surface area contributed by atoms with Gasteiger partial charge in [-0.05, 0) is 36.8 Å². The zero-order valence-corrected chi connectivity index (χ0v) is 9.44. The third kappa shape index (κ3) is 2.43. The molecule has 0 aromatic heterocycles. The van der Waals surface area contributed by atoms with Crippen LogP contribution in [-0.2, 0) is 0 Å². The van der Waals surface area contributed by atoms with Crippen LogP contribution in [0.25, 0.3) is 11.1 Å². The Morgan fingerprint density at radius 3 is 1.88 bits per heavy atom. The molecular weight excluding hydrogens is 196 g/mol. The standard InChI is InChI=1S/C15H15O/c1-3-16-15-10-8-14(9-11-15)13-6-4-12(2)5-7-13/h4-11H,1,3H2,2H3/q-1. The van der Waals surface area contributed by atoms with Crippen LogP contribution in [0.1, 0.15) is 5.56 Å². The minimum atomic E-state index is 0.462. The minimum Gasteiger partial charge on any atom is -0.525 e. The smallest absolute Gasteiger partial charge is 0.115 e. The van der Waals surface area contributed by atoms with Gasteiger partial charge in [-0.1, -0.05) is 42.0 Å². The lowest BCUT2D eigenvalue weighted by atomic mass is 10.0. The summed E-state index contributed by atoms with van der Waals surface area (Å²) in [7, 11) is 0. The molecule has 0 saturated heterocycles. The molecule has 0 atom stereocenters. The molecule has 0 radical (unpaired) electrons. The molecule has 2 rings (SSSR count). The van der Waals surface area contributed by atoms with Gasteiger partial charge in [0.2, 0.25) is 0 Å². The molecule has 0 amide bonds. The number of aryl methyl sites for hydroxylation is 1. The predicted molar refractivity (Wildman–Crippen MR) is 67.5 cm³/mol. The van der Waals surface area contributed by atoms with E-state index in [0.717, 1.165) is 5.75 Å². The molecule has 0 heterocycles. The zero-order valence-electron chi connectivity index (χ0n) is 9.44. The van der Waals surface area contributed by atoms with Crippen LogP contribution in [0.4, 0.5) is 0 Å². The molecule has 0 bridgehead atoms. The van der Waals surface area contributed by atoms with Gasteiger partial charge in [0, 0.05) is 0 Å². The molecular formula is C15H15O-. The second-order valence-corrected chi connectivity index (χ2v) is 3.74. The quantitative estimate of drug-likeness (QED) is 0.700. The van der Waals surface area contributed by atoms with E-state index < -0.39 is 0 Å². The highest BCUT2D eigenvalue weighted by molar-refractivity contribution is 5.64. The molecule has 0 unspecified atom stereocenters. The van der Waals surface area contributed by atoms with Crippen LogP contribution in [0, 0.1) is 13.8 Å². The predicted octanol–water partition coefficient (Wildman–Crippen LogP) is 3.87. The van der Waals surface area contributed by atoms with E-state index in [0.29, 0.717) is 6.61 Å². The van der Waals surface area contributed by atoms with Gasteiger partial charge in [0.05, 0.1) is 0 Å². The lowest BCUT2D eigenvalue weighted by Gasteiger charge is -2.07. The third-order valence-corrected chi connectivity index (χ3v) is 2.51. The molecule has 0 N–H and O–H groups in total. The molecule has 1 heteroatoms. The number of hydrogen-bond acceptors (Lipinski definition) is 1. The molecule has 0 saturated carbocycles. The van der Waals surface area contributed by atoms with Crippen LogP contribution >= 0.6 is 0 Å². The molecule has 16 heavy (non-hydrogen) atoms. The minimum absolute atomic E-state index is 0.462. The first kappa shape index (κ1) is 10.7. The monoisotopic (exact) mass is 211 g/mol. The maximum absolute atomic E-state index is 5.30. The summed E-state index contributed by atoms with van der Waals surface area (Å²) in [6.07, 6.45) is 0. The van der Waals surface area contributed by atoms with Crippen molar-refractivity contribution in [1.29, 1.82) is 0 Å². The molecule has 0 aliphatic carbocycles. The number of rotatable bonds is 3. The normalized spacial score (nSPS) is 10.1. The van der Waals surface area contributed by atoms with Crippen molar-refractivity contribution in [2.24, 2.45) is 0 Å². The van der Waals surface area contributed by atoms with Gasteiger partial charge >= 0.3 is 0 Å². The Bertz CT molecular complexity index is 440. The molecule has 1 nitrogen and oxygen atoms in total. The van der Waals surface area contributed by atoms with Crippen LogP contribution in [0.5, 0.6) is 5.75 Å². The van der Waals surface area contributed by atoms with Gasteiger partial charge in [0.1, 0.15) is 5.75 Å². The van der Waals surface area contributed by atoms with Gasteiger partial charge in [-0.2, -0.15) is 0 Å². The number of benzene rings is 2. The van der Waals surface area contributed by atoms with Crippen LogP contribution in [0.3, 0.4) is 0 Å². The highest BCUT2D eigenvalue weighted by Crippen LogP contribution is 2.22. The van der Waals surface area contributed by atoms with E-state index >= 15 is 0 Å². The van der Waals surface area contributed by atoms with E-state index in [9.17, 15) is 0 Å². The Hall–Kier alpha value is -1.76. The Morgan fingerprint density at radius 2 is 1.38 bits per heavy atom. The van der Waals surface area contributed by atoms with Crippen LogP contribution in [-0.4, -0.2) is 6.61 Å². The Labute approximate surface area is 96.7 Å². The molecule has 2 aromatic rings. The van der Waals surface area contributed by atoms with Crippen molar-refractivity contribution in [3.05, 3.63) is 61.0 Å². The van der Waals surface area contributed by atoms with Crippen LogP contribution < -0.4 is 4.74 Å². The Balaban J connectivity index is 2.24. The van der Waals surface area contributed by atoms with E-state index in [2.05, 4.69) is 50.2 Å². The summed E-state index contributed by atoms with van der Waals surface area (Å²) < 4.78 is 5.30. The van der Waals surface area contributed by atoms with Gasteiger partial charge < -0.3 is 11.7 Å². The second kappa shape index (κ2) is 4.84. The van der Waals surface area contributed by atoms with E-state index in [4.69, 9.17) is 4.74 Å². The lowest BCUT2D eigenvalue weighted by Crippen LogP contribution is -1.90. The Morgan fingerprint density at radius 1 is 0.875 bits per heavy atom. The fourth-order valence-corrected chi connectivity index (χ4v) is 1.61. The maximum Gasteiger partial charge on any atom is 0.115 e. The number of ether oxygens (including phenoxy) is 1. The first-order chi connectivity index (χ1) is 7.79. The second-order valence-electron chi connectivity index (χ2n) is 3.74. The van der Waals surface area contributed by atoms with Crippen molar-refractivity contribution < 1.29 is 4.74 Å². The molecule has 0 aliphatic rings. The van der Waals surface area contributed by atoms with Crippen molar-refractivity contribution in [2.75, 3.05) is 6.61 Å². The first-order valence-electron chi connectivity index (χ1n) is 5.39. The van der Waals surface area contributed by atoms with E-state index in [1.807, 2.05) is 12.1 Å². The largest absolute Gasteiger partial charge is 0.525 e. The van der Waals surface area contributed by atoms with Gasteiger partial charge in [0.25, 0.3) is 0 Å². The van der Waals surface area contributed by atoms with E-state index in [1.165, 1.54) is 16.7 Å². The number of hydrogen-bond donors (Lipinski definition) is 0. The summed E-state index contributed by atoms with van der Waals surface area (Å²) in [6.45, 7) is 6.20. The summed E-state index contributed by atoms with van der Waals surface area (Å²) in [5.74, 6) is 0.867. The van der Waals surface area contributed by atoms with Crippen molar-refractivity contribution >= 4 is 0 Å². The molecule has 0 spiro atoms. The van der Waals surface area contributed by atoms with E-state index in [-0.39, 0.29) is 0 Å². The van der Waals surface area contributed by atoms with Crippen molar-refractivity contribution in [2.45, 2.75) is 6.92 Å². The SMILES string of the molecule is [CH2-]COc1ccc(-c2ccc(C)cc2)cc1. The molecule has 0 aliphatic heterocycles. The maximum atomic E-state index is 5.30. The van der Waals surface area contributed by atoms with Gasteiger partial charge in [-0.3, -0.25) is 0 Å². The van der Waals surface area contributed by atoms with Gasteiger partial charge in [-0.25, -0.2) is 0 Å². The first-order valence-corrected chi connectivity index (χ1v) is 5.39. The highest BCUT2D eigenvalue weighted by atomic mass is 16.5. The van der Waals surface area contributed by atoms with Crippen molar-refractivity contribution in [3.63, 3.8) is 0 Å². The average molecular weight is 211 g/mol. The van der Waals surface area contributed by atoms with Gasteiger partial charge in [0.15, 0.2) is 0 Å². The summed E-state index contributed by atoms with van der Waals surface area (Å²) in [6, 6.07) is 16.6. The zero-order chi connectivity index (χ0) is 11.4. The van der Waals surface area contributed by atoms with E-state index in [1.54, 1.807) is 0 Å². The molecule has 2 aromatic carbocycles. The van der Waals surface area contributed by atoms with Crippen molar-refractivity contribution in [1.82, 2.24) is 0 Å². The lowest BCUT2D eigenvalue weighted by molar-refractivity contribution is 0.361. The van der Waals surface area contributed by atoms with Gasteiger partial charge in [-0.15, -0.1) is 0 Å². The molecule has 0 fully saturated rings. The summed E-state index contributed by atoms with van der Waals surface area (Å²) in [4.78, 5) is 0. The fourth-order valence-electron chi connectivity index (χ4n) is 1.61. The molecule has 82 valence electrons. The van der Waals surface area contributed by atoms with Crippen LogP contribution in [0.15, 0.2) is 48.5 Å². The third-order valence-electron chi connectivity index (χ3n) is 2.51. The summed E-state index contributed by atoms with van der Waals surface area (Å²) in [5, 5.41) is 0.